The van der Waals surface area contributed by atoms with Gasteiger partial charge < -0.3 is 4.74 Å². The summed E-state index contributed by atoms with van der Waals surface area (Å²) in [7, 11) is 1.72. The van der Waals surface area contributed by atoms with E-state index in [2.05, 4.69) is 53.5 Å². The van der Waals surface area contributed by atoms with Gasteiger partial charge in [0, 0.05) is 11.8 Å². The molecule has 0 fully saturated rings. The van der Waals surface area contributed by atoms with E-state index in [9.17, 15) is 0 Å². The first-order valence-corrected chi connectivity index (χ1v) is 8.69. The summed E-state index contributed by atoms with van der Waals surface area (Å²) >= 11 is 0. The molecule has 5 aromatic rings. The van der Waals surface area contributed by atoms with Crippen molar-refractivity contribution < 1.29 is 4.74 Å². The summed E-state index contributed by atoms with van der Waals surface area (Å²) in [5.74, 6) is 0.843. The molecule has 5 rings (SSSR count). The van der Waals surface area contributed by atoms with E-state index in [0.717, 1.165) is 17.0 Å². The van der Waals surface area contributed by atoms with Crippen LogP contribution in [0, 0.1) is 0 Å². The quantitative estimate of drug-likeness (QED) is 0.278. The lowest BCUT2D eigenvalue weighted by Gasteiger charge is -2.15. The Balaban J connectivity index is 1.85. The zero-order valence-electron chi connectivity index (χ0n) is 14.4. The van der Waals surface area contributed by atoms with Gasteiger partial charge in [-0.1, -0.05) is 60.7 Å². The summed E-state index contributed by atoms with van der Waals surface area (Å²) in [5.41, 5.74) is 1.95. The zero-order chi connectivity index (χ0) is 17.5. The number of nitrogens with zero attached hydrogens (tertiary/aromatic N) is 1. The van der Waals surface area contributed by atoms with Crippen molar-refractivity contribution >= 4 is 44.2 Å². The van der Waals surface area contributed by atoms with Gasteiger partial charge in [-0.25, -0.2) is 0 Å². The molecule has 0 aliphatic carbocycles. The van der Waals surface area contributed by atoms with Crippen LogP contribution in [0.15, 0.2) is 83.9 Å². The molecule has 124 valence electrons. The minimum Gasteiger partial charge on any atom is -0.496 e. The van der Waals surface area contributed by atoms with Crippen molar-refractivity contribution in [3.63, 3.8) is 0 Å². The molecule has 0 atom stereocenters. The summed E-state index contributed by atoms with van der Waals surface area (Å²) in [6, 6.07) is 27.3. The van der Waals surface area contributed by atoms with Gasteiger partial charge in [-0.05, 0) is 50.5 Å². The van der Waals surface area contributed by atoms with Crippen LogP contribution in [0.25, 0.3) is 32.3 Å². The molecule has 0 spiro atoms. The van der Waals surface area contributed by atoms with Crippen molar-refractivity contribution in [2.75, 3.05) is 7.11 Å². The third-order valence-corrected chi connectivity index (χ3v) is 4.97. The molecule has 0 aliphatic rings. The van der Waals surface area contributed by atoms with Crippen LogP contribution >= 0.6 is 0 Å². The average Bonchev–Trinajstić information content (AvgIpc) is 2.71. The third kappa shape index (κ3) is 2.23. The van der Waals surface area contributed by atoms with Crippen molar-refractivity contribution in [2.45, 2.75) is 0 Å². The topological polar surface area (TPSA) is 21.6 Å². The van der Waals surface area contributed by atoms with Crippen molar-refractivity contribution in [1.29, 1.82) is 0 Å². The number of ether oxygens (including phenoxy) is 1. The van der Waals surface area contributed by atoms with Crippen LogP contribution < -0.4 is 4.74 Å². The van der Waals surface area contributed by atoms with Crippen LogP contribution in [0.1, 0.15) is 5.56 Å². The van der Waals surface area contributed by atoms with E-state index in [1.807, 2.05) is 36.5 Å². The molecule has 2 nitrogen and oxygen atoms in total. The summed E-state index contributed by atoms with van der Waals surface area (Å²) in [5, 5.41) is 7.46. The number of benzene rings is 5. The zero-order valence-corrected chi connectivity index (χ0v) is 14.4. The van der Waals surface area contributed by atoms with E-state index in [4.69, 9.17) is 4.74 Å². The van der Waals surface area contributed by atoms with Crippen LogP contribution in [0.2, 0.25) is 0 Å². The fourth-order valence-electron chi connectivity index (χ4n) is 3.76. The van der Waals surface area contributed by atoms with E-state index in [0.29, 0.717) is 0 Å². The first-order valence-electron chi connectivity index (χ1n) is 8.69. The highest BCUT2D eigenvalue weighted by molar-refractivity contribution is 6.26. The Kier molecular flexibility index (Phi) is 3.36. The fourth-order valence-corrected chi connectivity index (χ4v) is 3.76. The first kappa shape index (κ1) is 14.9. The van der Waals surface area contributed by atoms with Crippen LogP contribution in [0.4, 0.5) is 5.69 Å². The Labute approximate surface area is 151 Å². The van der Waals surface area contributed by atoms with Gasteiger partial charge in [0.05, 0.1) is 12.8 Å². The van der Waals surface area contributed by atoms with Crippen molar-refractivity contribution in [3.05, 3.63) is 84.4 Å². The summed E-state index contributed by atoms with van der Waals surface area (Å²) in [6.45, 7) is 0. The third-order valence-electron chi connectivity index (χ3n) is 4.97. The van der Waals surface area contributed by atoms with Crippen LogP contribution in [-0.4, -0.2) is 13.3 Å². The Hall–Kier alpha value is -3.39. The van der Waals surface area contributed by atoms with E-state index >= 15 is 0 Å². The second-order valence-corrected chi connectivity index (χ2v) is 6.44. The van der Waals surface area contributed by atoms with Gasteiger partial charge in [0.1, 0.15) is 5.75 Å². The van der Waals surface area contributed by atoms with Crippen molar-refractivity contribution in [3.8, 4) is 5.75 Å². The Morgan fingerprint density at radius 2 is 1.46 bits per heavy atom. The minimum absolute atomic E-state index is 0.843. The number of aliphatic imine (C=N–C) groups is 1. The van der Waals surface area contributed by atoms with E-state index in [1.165, 1.54) is 32.3 Å². The maximum Gasteiger partial charge on any atom is 0.128 e. The van der Waals surface area contributed by atoms with Gasteiger partial charge in [0.15, 0.2) is 0 Å². The monoisotopic (exact) mass is 335 g/mol. The first-order chi connectivity index (χ1) is 12.8. The fraction of sp³-hybridized carbons (Fsp3) is 0.0417. The molecule has 0 saturated heterocycles. The van der Waals surface area contributed by atoms with E-state index < -0.39 is 0 Å². The maximum absolute atomic E-state index is 5.69. The van der Waals surface area contributed by atoms with Gasteiger partial charge >= 0.3 is 0 Å². The molecule has 0 heterocycles. The molecule has 0 unspecified atom stereocenters. The highest BCUT2D eigenvalue weighted by Crippen LogP contribution is 2.39. The number of hydrogen-bond acceptors (Lipinski definition) is 2. The number of hydrogen-bond donors (Lipinski definition) is 0. The maximum atomic E-state index is 5.69. The summed E-state index contributed by atoms with van der Waals surface area (Å²) in [6.07, 6.45) is 1.92. The number of methoxy groups -OCH3 is 1. The standard InChI is InChI=1S/C24H17NO/c1-26-22-14-18-11-10-16-6-5-7-17-12-13-20(24(18)23(16)17)21(22)15-25-19-8-3-2-4-9-19/h2-15H,1H3. The SMILES string of the molecule is COc1cc2ccc3cccc4ccc(c1C=Nc1ccccc1)c2c34. The predicted octanol–water partition coefficient (Wildman–Crippen LogP) is 6.34. The van der Waals surface area contributed by atoms with E-state index in [1.54, 1.807) is 7.11 Å². The van der Waals surface area contributed by atoms with Gasteiger partial charge in [0.25, 0.3) is 0 Å². The average molecular weight is 335 g/mol. The predicted molar refractivity (Wildman–Crippen MR) is 110 cm³/mol. The van der Waals surface area contributed by atoms with Crippen LogP contribution in [0.5, 0.6) is 5.75 Å². The van der Waals surface area contributed by atoms with Crippen molar-refractivity contribution in [1.82, 2.24) is 0 Å². The molecule has 0 aliphatic heterocycles. The lowest BCUT2D eigenvalue weighted by molar-refractivity contribution is 0.415. The Morgan fingerprint density at radius 3 is 2.23 bits per heavy atom. The van der Waals surface area contributed by atoms with E-state index in [-0.39, 0.29) is 0 Å². The molecule has 0 bridgehead atoms. The molecule has 0 aromatic heterocycles. The van der Waals surface area contributed by atoms with Crippen LogP contribution in [0.3, 0.4) is 0 Å². The molecule has 0 saturated carbocycles. The second-order valence-electron chi connectivity index (χ2n) is 6.44. The molecule has 0 N–H and O–H groups in total. The highest BCUT2D eigenvalue weighted by atomic mass is 16.5. The Bertz CT molecular complexity index is 1240. The summed E-state index contributed by atoms with van der Waals surface area (Å²) < 4.78 is 5.69. The van der Waals surface area contributed by atoms with Gasteiger partial charge in [-0.2, -0.15) is 0 Å². The number of para-hydroxylation sites is 1. The normalized spacial score (nSPS) is 11.9. The Morgan fingerprint density at radius 1 is 0.731 bits per heavy atom. The highest BCUT2D eigenvalue weighted by Gasteiger charge is 2.14. The summed E-state index contributed by atoms with van der Waals surface area (Å²) in [4.78, 5) is 4.66. The molecule has 26 heavy (non-hydrogen) atoms. The lowest BCUT2D eigenvalue weighted by Crippen LogP contribution is -1.95. The largest absolute Gasteiger partial charge is 0.496 e. The molecular formula is C24H17NO. The molecule has 5 aromatic carbocycles. The molecule has 0 radical (unpaired) electrons. The lowest BCUT2D eigenvalue weighted by atomic mass is 9.91. The van der Waals surface area contributed by atoms with Crippen LogP contribution in [-0.2, 0) is 0 Å². The minimum atomic E-state index is 0.843. The molecule has 2 heteroatoms. The number of rotatable bonds is 3. The second kappa shape index (κ2) is 5.85. The smallest absolute Gasteiger partial charge is 0.128 e. The van der Waals surface area contributed by atoms with Gasteiger partial charge in [0.2, 0.25) is 0 Å². The molecule has 0 amide bonds. The van der Waals surface area contributed by atoms with Crippen molar-refractivity contribution in [2.24, 2.45) is 4.99 Å². The van der Waals surface area contributed by atoms with Gasteiger partial charge in [-0.3, -0.25) is 4.99 Å². The molecular weight excluding hydrogens is 318 g/mol. The van der Waals surface area contributed by atoms with Gasteiger partial charge in [-0.15, -0.1) is 0 Å².